The smallest absolute Gasteiger partial charge is 0.308 e. The van der Waals surface area contributed by atoms with Crippen molar-refractivity contribution in [3.63, 3.8) is 0 Å². The Hall–Kier alpha value is -2.11. The van der Waals surface area contributed by atoms with E-state index in [0.29, 0.717) is 6.54 Å². The highest BCUT2D eigenvalue weighted by molar-refractivity contribution is 5.80. The molecule has 1 N–H and O–H groups in total. The zero-order chi connectivity index (χ0) is 14.7. The predicted octanol–water partition coefficient (Wildman–Crippen LogP) is 1.38. The van der Waals surface area contributed by atoms with Gasteiger partial charge >= 0.3 is 5.97 Å². The molecule has 1 heterocycles. The number of nitrogens with zero attached hydrogens (tertiary/aromatic N) is 1. The second-order valence-electron chi connectivity index (χ2n) is 4.94. The van der Waals surface area contributed by atoms with Crippen molar-refractivity contribution in [3.05, 3.63) is 30.1 Å². The number of carboxylic acid groups (broad SMARTS) is 1. The molecule has 1 aliphatic heterocycles. The molecule has 1 aliphatic rings. The van der Waals surface area contributed by atoms with Crippen molar-refractivity contribution in [2.24, 2.45) is 11.8 Å². The molecule has 0 bridgehead atoms. The minimum atomic E-state index is -0.900. The number of ether oxygens (including phenoxy) is 1. The number of halogens is 1. The van der Waals surface area contributed by atoms with Gasteiger partial charge in [-0.1, -0.05) is 19.1 Å². The van der Waals surface area contributed by atoms with Crippen LogP contribution in [0.15, 0.2) is 24.3 Å². The number of rotatable bonds is 4. The van der Waals surface area contributed by atoms with Gasteiger partial charge in [0.05, 0.1) is 5.92 Å². The molecule has 1 saturated heterocycles. The molecule has 1 aromatic carbocycles. The fourth-order valence-electron chi connectivity index (χ4n) is 2.28. The van der Waals surface area contributed by atoms with Gasteiger partial charge in [0, 0.05) is 13.1 Å². The summed E-state index contributed by atoms with van der Waals surface area (Å²) in [6.07, 6.45) is 0. The summed E-state index contributed by atoms with van der Waals surface area (Å²) in [6, 6.07) is 5.83. The van der Waals surface area contributed by atoms with Gasteiger partial charge in [-0.2, -0.15) is 0 Å². The number of carbonyl (C=O) groups excluding carboxylic acids is 1. The average Bonchev–Trinajstić information content (AvgIpc) is 2.80. The van der Waals surface area contributed by atoms with Gasteiger partial charge in [-0.25, -0.2) is 4.39 Å². The van der Waals surface area contributed by atoms with E-state index < -0.39 is 17.7 Å². The third kappa shape index (κ3) is 3.07. The van der Waals surface area contributed by atoms with Crippen molar-refractivity contribution < 1.29 is 23.8 Å². The third-order valence-electron chi connectivity index (χ3n) is 3.47. The van der Waals surface area contributed by atoms with Crippen molar-refractivity contribution in [3.8, 4) is 5.75 Å². The first-order valence-corrected chi connectivity index (χ1v) is 6.37. The zero-order valence-electron chi connectivity index (χ0n) is 11.1. The molecular weight excluding hydrogens is 265 g/mol. The van der Waals surface area contributed by atoms with Gasteiger partial charge in [-0.15, -0.1) is 0 Å². The first-order valence-electron chi connectivity index (χ1n) is 6.37. The van der Waals surface area contributed by atoms with Gasteiger partial charge in [-0.3, -0.25) is 9.59 Å². The summed E-state index contributed by atoms with van der Waals surface area (Å²) in [4.78, 5) is 24.4. The minimum absolute atomic E-state index is 0.0166. The third-order valence-corrected chi connectivity index (χ3v) is 3.47. The first kappa shape index (κ1) is 14.3. The Morgan fingerprint density at radius 1 is 1.40 bits per heavy atom. The number of para-hydroxylation sites is 1. The minimum Gasteiger partial charge on any atom is -0.481 e. The highest BCUT2D eigenvalue weighted by atomic mass is 19.1. The molecule has 20 heavy (non-hydrogen) atoms. The Balaban J connectivity index is 1.90. The Kier molecular flexibility index (Phi) is 4.22. The molecule has 0 saturated carbocycles. The first-order chi connectivity index (χ1) is 9.49. The number of benzene rings is 1. The quantitative estimate of drug-likeness (QED) is 0.905. The lowest BCUT2D eigenvalue weighted by atomic mass is 9.99. The molecule has 5 nitrogen and oxygen atoms in total. The van der Waals surface area contributed by atoms with Gasteiger partial charge in [0.25, 0.3) is 5.91 Å². The molecule has 0 radical (unpaired) electrons. The summed E-state index contributed by atoms with van der Waals surface area (Å²) < 4.78 is 18.4. The molecule has 2 atom stereocenters. The molecule has 0 aromatic heterocycles. The number of carboxylic acids is 1. The van der Waals surface area contributed by atoms with Crippen LogP contribution in [0.5, 0.6) is 5.75 Å². The van der Waals surface area contributed by atoms with E-state index in [2.05, 4.69) is 0 Å². The van der Waals surface area contributed by atoms with Crippen molar-refractivity contribution in [2.75, 3.05) is 19.7 Å². The number of hydrogen-bond donors (Lipinski definition) is 1. The number of carbonyl (C=O) groups is 2. The van der Waals surface area contributed by atoms with Gasteiger partial charge in [0.2, 0.25) is 0 Å². The van der Waals surface area contributed by atoms with Crippen molar-refractivity contribution in [1.82, 2.24) is 4.90 Å². The largest absolute Gasteiger partial charge is 0.481 e. The van der Waals surface area contributed by atoms with Crippen LogP contribution < -0.4 is 4.74 Å². The lowest BCUT2D eigenvalue weighted by Crippen LogP contribution is -2.34. The Morgan fingerprint density at radius 3 is 2.70 bits per heavy atom. The number of amides is 1. The topological polar surface area (TPSA) is 66.8 Å². The van der Waals surface area contributed by atoms with Gasteiger partial charge in [0.1, 0.15) is 0 Å². The standard InChI is InChI=1S/C14H16FNO4/c1-9-6-16(7-10(9)14(18)19)13(17)8-20-12-5-3-2-4-11(12)15/h2-5,9-10H,6-8H2,1H3,(H,18,19)/t9-,10-/m1/s1. The van der Waals surface area contributed by atoms with Crippen molar-refractivity contribution in [2.45, 2.75) is 6.92 Å². The molecule has 1 fully saturated rings. The number of likely N-dealkylation sites (tertiary alicyclic amines) is 1. The molecule has 2 rings (SSSR count). The summed E-state index contributed by atoms with van der Waals surface area (Å²) in [5, 5.41) is 9.01. The van der Waals surface area contributed by atoms with Crippen LogP contribution in [0.1, 0.15) is 6.92 Å². The van der Waals surface area contributed by atoms with Crippen LogP contribution >= 0.6 is 0 Å². The van der Waals surface area contributed by atoms with Crippen LogP contribution in [-0.4, -0.2) is 41.6 Å². The van der Waals surface area contributed by atoms with Gasteiger partial charge in [0.15, 0.2) is 18.2 Å². The van der Waals surface area contributed by atoms with E-state index in [9.17, 15) is 14.0 Å². The Bertz CT molecular complexity index is 520. The molecule has 1 amide bonds. The van der Waals surface area contributed by atoms with Crippen LogP contribution in [0.25, 0.3) is 0 Å². The highest BCUT2D eigenvalue weighted by Crippen LogP contribution is 2.23. The average molecular weight is 281 g/mol. The van der Waals surface area contributed by atoms with Crippen LogP contribution in [0.3, 0.4) is 0 Å². The fraction of sp³-hybridized carbons (Fsp3) is 0.429. The maximum Gasteiger partial charge on any atom is 0.308 e. The van der Waals surface area contributed by atoms with Crippen LogP contribution in [-0.2, 0) is 9.59 Å². The highest BCUT2D eigenvalue weighted by Gasteiger charge is 2.36. The van der Waals surface area contributed by atoms with E-state index in [-0.39, 0.29) is 30.7 Å². The molecule has 1 aromatic rings. The summed E-state index contributed by atoms with van der Waals surface area (Å²) in [7, 11) is 0. The second-order valence-corrected chi connectivity index (χ2v) is 4.94. The van der Waals surface area contributed by atoms with Gasteiger partial charge < -0.3 is 14.7 Å². The fourth-order valence-corrected chi connectivity index (χ4v) is 2.28. The van der Waals surface area contributed by atoms with Crippen molar-refractivity contribution in [1.29, 1.82) is 0 Å². The van der Waals surface area contributed by atoms with E-state index in [1.807, 2.05) is 0 Å². The van der Waals surface area contributed by atoms with E-state index >= 15 is 0 Å². The molecule has 0 unspecified atom stereocenters. The molecule has 108 valence electrons. The summed E-state index contributed by atoms with van der Waals surface area (Å²) in [6.45, 7) is 2.07. The van der Waals surface area contributed by atoms with E-state index in [1.54, 1.807) is 13.0 Å². The molecular formula is C14H16FNO4. The summed E-state index contributed by atoms with van der Waals surface area (Å²) in [5.41, 5.74) is 0. The predicted molar refractivity (Wildman–Crippen MR) is 68.8 cm³/mol. The monoisotopic (exact) mass is 281 g/mol. The maximum atomic E-state index is 13.3. The van der Waals surface area contributed by atoms with Crippen LogP contribution in [0.2, 0.25) is 0 Å². The zero-order valence-corrected chi connectivity index (χ0v) is 11.1. The second kappa shape index (κ2) is 5.90. The Labute approximate surface area is 116 Å². The number of hydrogen-bond acceptors (Lipinski definition) is 3. The molecule has 6 heteroatoms. The van der Waals surface area contributed by atoms with E-state index in [0.717, 1.165) is 0 Å². The van der Waals surface area contributed by atoms with Gasteiger partial charge in [-0.05, 0) is 18.1 Å². The normalized spacial score (nSPS) is 21.8. The SMILES string of the molecule is C[C@@H]1CN(C(=O)COc2ccccc2F)C[C@H]1C(=O)O. The number of aliphatic carboxylic acids is 1. The van der Waals surface area contributed by atoms with E-state index in [1.165, 1.54) is 23.1 Å². The van der Waals surface area contributed by atoms with Crippen LogP contribution in [0.4, 0.5) is 4.39 Å². The Morgan fingerprint density at radius 2 is 2.10 bits per heavy atom. The molecule has 0 spiro atoms. The van der Waals surface area contributed by atoms with E-state index in [4.69, 9.17) is 9.84 Å². The van der Waals surface area contributed by atoms with Crippen molar-refractivity contribution >= 4 is 11.9 Å². The maximum absolute atomic E-state index is 13.3. The summed E-state index contributed by atoms with van der Waals surface area (Å²) in [5.74, 6) is -2.38. The lowest BCUT2D eigenvalue weighted by Gasteiger charge is -2.16. The lowest BCUT2D eigenvalue weighted by molar-refractivity contribution is -0.142. The molecule has 0 aliphatic carbocycles. The van der Waals surface area contributed by atoms with Crippen LogP contribution in [0, 0.1) is 17.7 Å². The summed E-state index contributed by atoms with van der Waals surface area (Å²) >= 11 is 0.